The second-order valence-corrected chi connectivity index (χ2v) is 9.10. The van der Waals surface area contributed by atoms with E-state index >= 15 is 0 Å². The van der Waals surface area contributed by atoms with Crippen LogP contribution >= 0.6 is 34.0 Å². The topological polar surface area (TPSA) is 80.7 Å². The summed E-state index contributed by atoms with van der Waals surface area (Å²) in [4.78, 5) is 43.2. The molecule has 1 fully saturated rings. The first-order valence-corrected chi connectivity index (χ1v) is 10.8. The molecule has 1 N–H and O–H groups in total. The number of amides is 2. The Bertz CT molecular complexity index is 1060. The first kappa shape index (κ1) is 18.9. The molecule has 0 unspecified atom stereocenters. The average Bonchev–Trinajstić information content (AvgIpc) is 3.45. The Morgan fingerprint density at radius 2 is 1.61 bits per heavy atom. The molecule has 0 radical (unpaired) electrons. The van der Waals surface area contributed by atoms with Gasteiger partial charge in [-0.1, -0.05) is 6.07 Å². The summed E-state index contributed by atoms with van der Waals surface area (Å²) in [5, 5.41) is 11.9. The zero-order valence-electron chi connectivity index (χ0n) is 14.4. The third kappa shape index (κ3) is 3.62. The molecular formula is C19H14NO5S3+. The third-order valence-corrected chi connectivity index (χ3v) is 7.47. The van der Waals surface area contributed by atoms with Crippen LogP contribution < -0.4 is 0 Å². The van der Waals surface area contributed by atoms with Gasteiger partial charge in [0.2, 0.25) is 0 Å². The van der Waals surface area contributed by atoms with Gasteiger partial charge in [0.25, 0.3) is 0 Å². The first-order valence-electron chi connectivity index (χ1n) is 8.30. The van der Waals surface area contributed by atoms with Crippen LogP contribution in [-0.2, 0) is 19.2 Å². The summed E-state index contributed by atoms with van der Waals surface area (Å²) in [6, 6.07) is 12.1. The van der Waals surface area contributed by atoms with Crippen molar-refractivity contribution >= 4 is 57.9 Å². The molecule has 142 valence electrons. The van der Waals surface area contributed by atoms with Gasteiger partial charge in [-0.2, -0.15) is 5.21 Å². The van der Waals surface area contributed by atoms with E-state index in [9.17, 15) is 19.6 Å². The van der Waals surface area contributed by atoms with E-state index in [0.29, 0.717) is 0 Å². The summed E-state index contributed by atoms with van der Waals surface area (Å²) >= 11 is 4.89. The highest BCUT2D eigenvalue weighted by Crippen LogP contribution is 2.39. The maximum absolute atomic E-state index is 11.9. The van der Waals surface area contributed by atoms with E-state index in [4.69, 9.17) is 0 Å². The van der Waals surface area contributed by atoms with Gasteiger partial charge in [0.05, 0.1) is 12.8 Å². The van der Waals surface area contributed by atoms with Crippen molar-refractivity contribution in [2.24, 2.45) is 0 Å². The van der Waals surface area contributed by atoms with E-state index in [0.717, 1.165) is 20.7 Å². The predicted octanol–water partition coefficient (Wildman–Crippen LogP) is 4.73. The number of hydrogen-bond donors (Lipinski definition) is 1. The maximum Gasteiger partial charge on any atom is 0.397 e. The molecule has 1 aliphatic rings. The highest BCUT2D eigenvalue weighted by molar-refractivity contribution is 7.26. The van der Waals surface area contributed by atoms with Crippen LogP contribution in [0.15, 0.2) is 47.9 Å². The molecule has 6 nitrogen and oxygen atoms in total. The fraction of sp³-hybridized carbons (Fsp3) is 0.105. The third-order valence-electron chi connectivity index (χ3n) is 4.07. The molecule has 0 atom stereocenters. The molecule has 3 aromatic rings. The van der Waals surface area contributed by atoms with Crippen LogP contribution in [0, 0.1) is 0 Å². The summed E-state index contributed by atoms with van der Waals surface area (Å²) in [5.41, 5.74) is 0. The smallest absolute Gasteiger partial charge is 0.240 e. The standard InChI is InChI=1S/C19H14NO5S3/c21-17-8-9-18(22)20(17,24)25-19(23)10-4-12-3-5-15(27-12)16-7-6-14(28-16)13-2-1-11-26-13/h1-7,10-11,24H,8-9H2/q+1. The summed E-state index contributed by atoms with van der Waals surface area (Å²) in [5.74, 6) is -2.65. The van der Waals surface area contributed by atoms with Crippen molar-refractivity contribution < 1.29 is 29.2 Å². The molecule has 0 bridgehead atoms. The molecular weight excluding hydrogens is 418 g/mol. The van der Waals surface area contributed by atoms with Crippen LogP contribution in [-0.4, -0.2) is 27.8 Å². The van der Waals surface area contributed by atoms with Crippen LogP contribution in [0.3, 0.4) is 0 Å². The van der Waals surface area contributed by atoms with Gasteiger partial charge < -0.3 is 0 Å². The van der Waals surface area contributed by atoms with Crippen molar-refractivity contribution in [2.75, 3.05) is 0 Å². The Hall–Kier alpha value is -2.43. The summed E-state index contributed by atoms with van der Waals surface area (Å²) in [6.07, 6.45) is 2.33. The minimum atomic E-state index is -1.90. The number of imide groups is 1. The normalized spacial score (nSPS) is 16.2. The number of nitrogens with zero attached hydrogens (tertiary/aromatic N) is 1. The van der Waals surface area contributed by atoms with E-state index < -0.39 is 22.6 Å². The van der Waals surface area contributed by atoms with E-state index in [-0.39, 0.29) is 12.8 Å². The molecule has 0 saturated carbocycles. The Kier molecular flexibility index (Phi) is 5.09. The second-order valence-electron chi connectivity index (χ2n) is 5.95. The zero-order valence-corrected chi connectivity index (χ0v) is 16.8. The van der Waals surface area contributed by atoms with Gasteiger partial charge in [0.1, 0.15) is 4.81 Å². The van der Waals surface area contributed by atoms with Gasteiger partial charge in [-0.05, 0) is 41.8 Å². The minimum Gasteiger partial charge on any atom is -0.240 e. The number of hydroxylamine groups is 4. The summed E-state index contributed by atoms with van der Waals surface area (Å²) in [7, 11) is 0. The molecule has 0 aromatic carbocycles. The fourth-order valence-electron chi connectivity index (χ4n) is 2.67. The molecule has 1 saturated heterocycles. The van der Waals surface area contributed by atoms with Crippen LogP contribution in [0.1, 0.15) is 17.7 Å². The SMILES string of the molecule is O=C(C=Cc1ccc(-c2ccc(-c3cccs3)s2)s1)O[N+]1(O)C(=O)CCC1=O. The fourth-order valence-corrected chi connectivity index (χ4v) is 5.51. The number of carbonyl (C=O) groups is 3. The second kappa shape index (κ2) is 7.53. The van der Waals surface area contributed by atoms with Crippen molar-refractivity contribution in [2.45, 2.75) is 12.8 Å². The van der Waals surface area contributed by atoms with Crippen LogP contribution in [0.25, 0.3) is 25.6 Å². The number of carbonyl (C=O) groups excluding carboxylic acids is 3. The lowest BCUT2D eigenvalue weighted by Gasteiger charge is -2.14. The molecule has 4 rings (SSSR count). The van der Waals surface area contributed by atoms with Gasteiger partial charge in [-0.25, -0.2) is 19.2 Å². The molecule has 0 spiro atoms. The summed E-state index contributed by atoms with van der Waals surface area (Å²) < 4.78 is 0. The number of rotatable bonds is 5. The van der Waals surface area contributed by atoms with Crippen molar-refractivity contribution in [1.82, 2.24) is 0 Å². The lowest BCUT2D eigenvalue weighted by atomic mass is 10.3. The minimum absolute atomic E-state index is 0.144. The molecule has 2 amide bonds. The van der Waals surface area contributed by atoms with Crippen LogP contribution in [0.5, 0.6) is 0 Å². The highest BCUT2D eigenvalue weighted by Gasteiger charge is 2.55. The number of hydrogen-bond acceptors (Lipinski definition) is 8. The lowest BCUT2D eigenvalue weighted by molar-refractivity contribution is -1.12. The largest absolute Gasteiger partial charge is 0.397 e. The number of quaternary nitrogens is 1. The lowest BCUT2D eigenvalue weighted by Crippen LogP contribution is -2.50. The highest BCUT2D eigenvalue weighted by atomic mass is 32.1. The zero-order chi connectivity index (χ0) is 19.7. The molecule has 0 aliphatic carbocycles. The van der Waals surface area contributed by atoms with E-state index in [1.807, 2.05) is 23.6 Å². The monoisotopic (exact) mass is 432 g/mol. The maximum atomic E-state index is 11.9. The van der Waals surface area contributed by atoms with Crippen molar-refractivity contribution in [3.8, 4) is 19.5 Å². The Morgan fingerprint density at radius 1 is 0.964 bits per heavy atom. The Labute approximate surface area is 172 Å². The van der Waals surface area contributed by atoms with E-state index in [1.165, 1.54) is 27.2 Å². The molecule has 4 heterocycles. The quantitative estimate of drug-likeness (QED) is 0.273. The Balaban J connectivity index is 1.44. The van der Waals surface area contributed by atoms with Crippen LogP contribution in [0.2, 0.25) is 0 Å². The molecule has 9 heteroatoms. The van der Waals surface area contributed by atoms with Crippen molar-refractivity contribution in [3.05, 3.63) is 52.7 Å². The van der Waals surface area contributed by atoms with Crippen LogP contribution in [0.4, 0.5) is 0 Å². The van der Waals surface area contributed by atoms with Crippen molar-refractivity contribution in [1.29, 1.82) is 0 Å². The van der Waals surface area contributed by atoms with Gasteiger partial charge in [-0.15, -0.1) is 34.0 Å². The Morgan fingerprint density at radius 3 is 2.29 bits per heavy atom. The number of thiophene rings is 3. The summed E-state index contributed by atoms with van der Waals surface area (Å²) in [6.45, 7) is 0. The molecule has 3 aromatic heterocycles. The molecule has 28 heavy (non-hydrogen) atoms. The van der Waals surface area contributed by atoms with Gasteiger partial charge >= 0.3 is 17.8 Å². The van der Waals surface area contributed by atoms with Gasteiger partial charge in [-0.3, -0.25) is 0 Å². The molecule has 1 aliphatic heterocycles. The van der Waals surface area contributed by atoms with E-state index in [1.54, 1.807) is 22.7 Å². The predicted molar refractivity (Wildman–Crippen MR) is 107 cm³/mol. The van der Waals surface area contributed by atoms with Crippen molar-refractivity contribution in [3.63, 3.8) is 0 Å². The first-order chi connectivity index (χ1) is 13.5. The van der Waals surface area contributed by atoms with E-state index in [2.05, 4.69) is 23.0 Å². The van der Waals surface area contributed by atoms with Gasteiger partial charge in [0.15, 0.2) is 0 Å². The average molecular weight is 433 g/mol. The van der Waals surface area contributed by atoms with Gasteiger partial charge in [0, 0.05) is 30.5 Å².